The predicted octanol–water partition coefficient (Wildman–Crippen LogP) is 8.31. The van der Waals surface area contributed by atoms with E-state index in [2.05, 4.69) is 4.74 Å². The SMILES string of the molecule is CCCCC1COC(c2cc(F)c(-c3cc(F)c(OC(F)(F)c4cc(F)c(F)c(F)c4)c(F)c3)c(F)c2)OC1. The van der Waals surface area contributed by atoms with E-state index in [4.69, 9.17) is 9.47 Å². The number of benzene rings is 3. The van der Waals surface area contributed by atoms with Crippen LogP contribution in [0.2, 0.25) is 0 Å². The van der Waals surface area contributed by atoms with Crippen LogP contribution in [0.1, 0.15) is 43.6 Å². The van der Waals surface area contributed by atoms with Crippen molar-refractivity contribution in [2.75, 3.05) is 13.2 Å². The molecule has 0 unspecified atom stereocenters. The zero-order valence-electron chi connectivity index (χ0n) is 20.3. The van der Waals surface area contributed by atoms with E-state index < -0.39 is 75.6 Å². The zero-order chi connectivity index (χ0) is 28.5. The van der Waals surface area contributed by atoms with E-state index in [0.29, 0.717) is 25.3 Å². The molecule has 4 rings (SSSR count). The minimum atomic E-state index is -4.72. The van der Waals surface area contributed by atoms with E-state index in [0.717, 1.165) is 31.4 Å². The third-order valence-electron chi connectivity index (χ3n) is 6.11. The molecule has 0 aromatic heterocycles. The van der Waals surface area contributed by atoms with Crippen LogP contribution in [0.3, 0.4) is 0 Å². The van der Waals surface area contributed by atoms with Gasteiger partial charge in [-0.3, -0.25) is 0 Å². The maximum absolute atomic E-state index is 14.9. The number of ether oxygens (including phenoxy) is 3. The molecule has 0 N–H and O–H groups in total. The molecule has 1 aliphatic heterocycles. The van der Waals surface area contributed by atoms with Gasteiger partial charge >= 0.3 is 6.11 Å². The highest BCUT2D eigenvalue weighted by molar-refractivity contribution is 5.66. The second-order valence-electron chi connectivity index (χ2n) is 9.01. The van der Waals surface area contributed by atoms with Gasteiger partial charge in [-0.2, -0.15) is 8.78 Å². The van der Waals surface area contributed by atoms with Crippen LogP contribution in [-0.4, -0.2) is 13.2 Å². The van der Waals surface area contributed by atoms with Crippen molar-refractivity contribution < 1.29 is 53.7 Å². The molecule has 3 nitrogen and oxygen atoms in total. The Labute approximate surface area is 217 Å². The first-order valence-corrected chi connectivity index (χ1v) is 11.8. The van der Waals surface area contributed by atoms with Gasteiger partial charge in [-0.15, -0.1) is 0 Å². The van der Waals surface area contributed by atoms with Crippen molar-refractivity contribution in [2.45, 2.75) is 38.6 Å². The maximum Gasteiger partial charge on any atom is 0.427 e. The molecule has 0 amide bonds. The topological polar surface area (TPSA) is 27.7 Å². The van der Waals surface area contributed by atoms with E-state index >= 15 is 0 Å². The molecule has 0 radical (unpaired) electrons. The summed E-state index contributed by atoms with van der Waals surface area (Å²) in [6.07, 6.45) is -2.95. The van der Waals surface area contributed by atoms with E-state index in [1.807, 2.05) is 6.92 Å². The van der Waals surface area contributed by atoms with Gasteiger partial charge < -0.3 is 14.2 Å². The molecule has 39 heavy (non-hydrogen) atoms. The Morgan fingerprint density at radius 2 is 1.31 bits per heavy atom. The molecule has 0 spiro atoms. The first kappa shape index (κ1) is 28.8. The molecule has 3 aromatic carbocycles. The molecular formula is C27H21F9O3. The second kappa shape index (κ2) is 11.5. The molecule has 1 fully saturated rings. The molecule has 1 saturated heterocycles. The number of alkyl halides is 2. The molecule has 1 aliphatic rings. The minimum Gasteiger partial charge on any atom is -0.423 e. The van der Waals surface area contributed by atoms with E-state index in [1.54, 1.807) is 0 Å². The smallest absolute Gasteiger partial charge is 0.423 e. The van der Waals surface area contributed by atoms with Crippen LogP contribution in [0.25, 0.3) is 11.1 Å². The molecule has 12 heteroatoms. The lowest BCUT2D eigenvalue weighted by Gasteiger charge is -2.29. The molecule has 1 heterocycles. The van der Waals surface area contributed by atoms with Gasteiger partial charge in [0.1, 0.15) is 11.6 Å². The van der Waals surface area contributed by atoms with E-state index in [9.17, 15) is 39.5 Å². The predicted molar refractivity (Wildman–Crippen MR) is 120 cm³/mol. The van der Waals surface area contributed by atoms with Gasteiger partial charge in [0.15, 0.2) is 41.1 Å². The Balaban J connectivity index is 1.57. The highest BCUT2D eigenvalue weighted by Gasteiger charge is 2.39. The fourth-order valence-electron chi connectivity index (χ4n) is 4.11. The monoisotopic (exact) mass is 564 g/mol. The van der Waals surface area contributed by atoms with Crippen molar-refractivity contribution in [3.63, 3.8) is 0 Å². The second-order valence-corrected chi connectivity index (χ2v) is 9.01. The summed E-state index contributed by atoms with van der Waals surface area (Å²) in [6.45, 7) is 2.66. The van der Waals surface area contributed by atoms with Crippen molar-refractivity contribution in [1.82, 2.24) is 0 Å². The lowest BCUT2D eigenvalue weighted by molar-refractivity contribution is -0.206. The van der Waals surface area contributed by atoms with Crippen molar-refractivity contribution in [2.24, 2.45) is 5.92 Å². The molecule has 0 aliphatic carbocycles. The minimum absolute atomic E-state index is 0.0120. The van der Waals surface area contributed by atoms with Gasteiger partial charge in [0.05, 0.1) is 24.3 Å². The van der Waals surface area contributed by atoms with Gasteiger partial charge in [0.25, 0.3) is 0 Å². The third-order valence-corrected chi connectivity index (χ3v) is 6.11. The average Bonchev–Trinajstić information content (AvgIpc) is 2.87. The molecule has 0 saturated carbocycles. The van der Waals surface area contributed by atoms with Crippen molar-refractivity contribution in [3.8, 4) is 16.9 Å². The molecular weight excluding hydrogens is 543 g/mol. The van der Waals surface area contributed by atoms with Gasteiger partial charge in [-0.1, -0.05) is 19.8 Å². The van der Waals surface area contributed by atoms with Crippen molar-refractivity contribution >= 4 is 0 Å². The van der Waals surface area contributed by atoms with Crippen LogP contribution in [0.15, 0.2) is 36.4 Å². The Hall–Kier alpha value is -3.25. The summed E-state index contributed by atoms with van der Waals surface area (Å²) in [6, 6.07) is 2.18. The molecule has 3 aromatic rings. The van der Waals surface area contributed by atoms with Gasteiger partial charge in [-0.05, 0) is 48.4 Å². The zero-order valence-corrected chi connectivity index (χ0v) is 20.3. The summed E-state index contributed by atoms with van der Waals surface area (Å²) in [5.74, 6) is -13.6. The van der Waals surface area contributed by atoms with Crippen LogP contribution in [0.5, 0.6) is 5.75 Å². The Morgan fingerprint density at radius 1 is 0.769 bits per heavy atom. The summed E-state index contributed by atoms with van der Waals surface area (Å²) in [5, 5.41) is 0. The van der Waals surface area contributed by atoms with Crippen molar-refractivity contribution in [1.29, 1.82) is 0 Å². The Kier molecular flexibility index (Phi) is 8.45. The largest absolute Gasteiger partial charge is 0.427 e. The summed E-state index contributed by atoms with van der Waals surface area (Å²) >= 11 is 0. The fraction of sp³-hybridized carbons (Fsp3) is 0.333. The van der Waals surface area contributed by atoms with E-state index in [-0.39, 0.29) is 23.6 Å². The lowest BCUT2D eigenvalue weighted by Crippen LogP contribution is -2.27. The van der Waals surface area contributed by atoms with Gasteiger partial charge in [0, 0.05) is 11.5 Å². The normalized spacial score (nSPS) is 17.9. The van der Waals surface area contributed by atoms with E-state index in [1.165, 1.54) is 0 Å². The highest BCUT2D eigenvalue weighted by Crippen LogP contribution is 2.39. The maximum atomic E-state index is 14.9. The Bertz CT molecular complexity index is 1290. The summed E-state index contributed by atoms with van der Waals surface area (Å²) < 4.78 is 143. The Morgan fingerprint density at radius 3 is 1.82 bits per heavy atom. The highest BCUT2D eigenvalue weighted by atomic mass is 19.3. The number of halogens is 9. The molecule has 0 bridgehead atoms. The number of unbranched alkanes of at least 4 members (excludes halogenated alkanes) is 1. The van der Waals surface area contributed by atoms with Crippen molar-refractivity contribution in [3.05, 3.63) is 88.2 Å². The number of rotatable bonds is 8. The van der Waals surface area contributed by atoms with Crippen LogP contribution in [-0.2, 0) is 15.6 Å². The molecule has 0 atom stereocenters. The first-order chi connectivity index (χ1) is 18.4. The number of hydrogen-bond donors (Lipinski definition) is 0. The van der Waals surface area contributed by atoms with Gasteiger partial charge in [-0.25, -0.2) is 30.7 Å². The quantitative estimate of drug-likeness (QED) is 0.204. The summed E-state index contributed by atoms with van der Waals surface area (Å²) in [4.78, 5) is 0. The molecule has 210 valence electrons. The first-order valence-electron chi connectivity index (χ1n) is 11.8. The van der Waals surface area contributed by atoms with Crippen LogP contribution >= 0.6 is 0 Å². The number of hydrogen-bond acceptors (Lipinski definition) is 3. The van der Waals surface area contributed by atoms with Crippen LogP contribution in [0.4, 0.5) is 39.5 Å². The third kappa shape index (κ3) is 6.17. The fourth-order valence-corrected chi connectivity index (χ4v) is 4.11. The summed E-state index contributed by atoms with van der Waals surface area (Å²) in [7, 11) is 0. The van der Waals surface area contributed by atoms with Crippen LogP contribution in [0, 0.1) is 46.6 Å². The lowest BCUT2D eigenvalue weighted by atomic mass is 10.0. The van der Waals surface area contributed by atoms with Gasteiger partial charge in [0.2, 0.25) is 0 Å². The van der Waals surface area contributed by atoms with Crippen LogP contribution < -0.4 is 4.74 Å². The standard InChI is InChI=1S/C27H21F9O3/c1-2-3-4-13-11-37-26(38-12-13)15-7-17(28)23(18(29)8-15)14-5-21(32)25(22(33)6-14)39-27(35,36)16-9-19(30)24(34)20(31)10-16/h5-10,13,26H,2-4,11-12H2,1H3. The average molecular weight is 564 g/mol. The summed E-state index contributed by atoms with van der Waals surface area (Å²) in [5.41, 5.74) is -3.14.